The van der Waals surface area contributed by atoms with Crippen LogP contribution in [0.1, 0.15) is 31.0 Å². The summed E-state index contributed by atoms with van der Waals surface area (Å²) in [5.74, 6) is -0.228. The molecule has 0 radical (unpaired) electrons. The molecule has 0 spiro atoms. The molecule has 3 aromatic rings. The van der Waals surface area contributed by atoms with Crippen molar-refractivity contribution in [1.82, 2.24) is 15.5 Å². The van der Waals surface area contributed by atoms with Gasteiger partial charge in [0.05, 0.1) is 6.07 Å². The van der Waals surface area contributed by atoms with E-state index in [4.69, 9.17) is 0 Å². The minimum atomic E-state index is -4.72. The van der Waals surface area contributed by atoms with Crippen LogP contribution in [0.3, 0.4) is 0 Å². The quantitative estimate of drug-likeness (QED) is 0.327. The zero-order chi connectivity index (χ0) is 29.4. The SMILES string of the molecule is CC(C)CN(C(=O)N[C@H](C#N)Cc1ccccc1)[C@@H](c1ccc(-c2ccc(N3CCNCC3)cc2)cc1)C(F)(F)F. The number of nitrogens with one attached hydrogen (secondary N) is 2. The predicted octanol–water partition coefficient (Wildman–Crippen LogP) is 6.17. The van der Waals surface area contributed by atoms with E-state index in [0.717, 1.165) is 53.5 Å². The number of benzene rings is 3. The Kier molecular flexibility index (Phi) is 9.90. The molecule has 41 heavy (non-hydrogen) atoms. The fourth-order valence-electron chi connectivity index (χ4n) is 5.10. The third kappa shape index (κ3) is 8.01. The van der Waals surface area contributed by atoms with Gasteiger partial charge in [-0.05, 0) is 40.3 Å². The summed E-state index contributed by atoms with van der Waals surface area (Å²) < 4.78 is 43.7. The Morgan fingerprint density at radius 2 is 1.56 bits per heavy atom. The van der Waals surface area contributed by atoms with E-state index in [1.165, 1.54) is 12.1 Å². The Bertz CT molecular complexity index is 1300. The first-order valence-corrected chi connectivity index (χ1v) is 13.9. The van der Waals surface area contributed by atoms with E-state index in [1.807, 2.05) is 36.4 Å². The standard InChI is InChI=1S/C32H36F3N5O/c1-23(2)22-40(31(41)38-28(21-36)20-24-6-4-3-5-7-24)30(32(33,34)35)27-10-8-25(9-11-27)26-12-14-29(15-13-26)39-18-16-37-17-19-39/h3-15,23,28,30,37H,16-20,22H2,1-2H3,(H,38,41)/t28-,30-/m0/s1. The fourth-order valence-corrected chi connectivity index (χ4v) is 5.10. The van der Waals surface area contributed by atoms with Crippen LogP contribution in [0, 0.1) is 17.2 Å². The summed E-state index contributed by atoms with van der Waals surface area (Å²) in [5, 5.41) is 15.5. The molecule has 1 heterocycles. The van der Waals surface area contributed by atoms with Gasteiger partial charge in [0.1, 0.15) is 6.04 Å². The Hall–Kier alpha value is -4.03. The molecule has 6 nitrogen and oxygen atoms in total. The van der Waals surface area contributed by atoms with Crippen LogP contribution in [-0.2, 0) is 6.42 Å². The number of nitriles is 1. The summed E-state index contributed by atoms with van der Waals surface area (Å²) in [4.78, 5) is 16.4. The third-order valence-electron chi connectivity index (χ3n) is 7.09. The lowest BCUT2D eigenvalue weighted by molar-refractivity contribution is -0.179. The number of amides is 2. The molecule has 0 unspecified atom stereocenters. The molecule has 9 heteroatoms. The summed E-state index contributed by atoms with van der Waals surface area (Å²) >= 11 is 0. The maximum absolute atomic E-state index is 14.6. The van der Waals surface area contributed by atoms with Gasteiger partial charge in [-0.15, -0.1) is 0 Å². The van der Waals surface area contributed by atoms with Crippen LogP contribution in [0.2, 0.25) is 0 Å². The van der Waals surface area contributed by atoms with Crippen LogP contribution in [0.4, 0.5) is 23.7 Å². The molecule has 2 amide bonds. The number of carbonyl (C=O) groups excluding carboxylic acids is 1. The second kappa shape index (κ2) is 13.6. The number of piperazine rings is 1. The Morgan fingerprint density at radius 1 is 0.976 bits per heavy atom. The van der Waals surface area contributed by atoms with E-state index in [1.54, 1.807) is 50.2 Å². The number of nitrogens with zero attached hydrogens (tertiary/aromatic N) is 3. The van der Waals surface area contributed by atoms with Gasteiger partial charge >= 0.3 is 12.2 Å². The average Bonchev–Trinajstić information content (AvgIpc) is 2.97. The van der Waals surface area contributed by atoms with Gasteiger partial charge in [0.25, 0.3) is 0 Å². The summed E-state index contributed by atoms with van der Waals surface area (Å²) in [6.45, 7) is 7.09. The number of hydrogen-bond donors (Lipinski definition) is 2. The summed E-state index contributed by atoms with van der Waals surface area (Å²) in [7, 11) is 0. The maximum atomic E-state index is 14.6. The molecule has 0 aliphatic carbocycles. The highest BCUT2D eigenvalue weighted by atomic mass is 19.4. The van der Waals surface area contributed by atoms with Crippen molar-refractivity contribution in [3.63, 3.8) is 0 Å². The van der Waals surface area contributed by atoms with E-state index >= 15 is 0 Å². The van der Waals surface area contributed by atoms with E-state index < -0.39 is 24.3 Å². The molecule has 216 valence electrons. The Balaban J connectivity index is 1.55. The van der Waals surface area contributed by atoms with Gasteiger partial charge in [0.15, 0.2) is 6.04 Å². The van der Waals surface area contributed by atoms with Gasteiger partial charge in [0, 0.05) is 44.8 Å². The topological polar surface area (TPSA) is 71.4 Å². The predicted molar refractivity (Wildman–Crippen MR) is 155 cm³/mol. The number of urea groups is 1. The maximum Gasteiger partial charge on any atom is 0.413 e. The normalized spacial score (nSPS) is 15.2. The average molecular weight is 564 g/mol. The van der Waals surface area contributed by atoms with Crippen LogP contribution in [-0.4, -0.2) is 55.9 Å². The molecule has 0 aromatic heterocycles. The number of alkyl halides is 3. The van der Waals surface area contributed by atoms with Gasteiger partial charge in [-0.1, -0.05) is 80.6 Å². The molecule has 1 fully saturated rings. The second-order valence-electron chi connectivity index (χ2n) is 10.7. The van der Waals surface area contributed by atoms with Crippen molar-refractivity contribution < 1.29 is 18.0 Å². The number of halogens is 3. The highest BCUT2D eigenvalue weighted by Gasteiger charge is 2.47. The first-order valence-electron chi connectivity index (χ1n) is 13.9. The molecule has 2 atom stereocenters. The van der Waals surface area contributed by atoms with Crippen LogP contribution >= 0.6 is 0 Å². The fraction of sp³-hybridized carbons (Fsp3) is 0.375. The Morgan fingerprint density at radius 3 is 2.10 bits per heavy atom. The van der Waals surface area contributed by atoms with Crippen LogP contribution < -0.4 is 15.5 Å². The van der Waals surface area contributed by atoms with Gasteiger partial charge in [-0.2, -0.15) is 18.4 Å². The van der Waals surface area contributed by atoms with Crippen molar-refractivity contribution in [3.8, 4) is 17.2 Å². The second-order valence-corrected chi connectivity index (χ2v) is 10.7. The molecule has 1 aliphatic rings. The van der Waals surface area contributed by atoms with Crippen molar-refractivity contribution in [2.24, 2.45) is 5.92 Å². The molecular formula is C32H36F3N5O. The molecule has 1 aliphatic heterocycles. The van der Waals surface area contributed by atoms with Crippen molar-refractivity contribution in [2.45, 2.75) is 38.5 Å². The van der Waals surface area contributed by atoms with E-state index in [-0.39, 0.29) is 24.4 Å². The van der Waals surface area contributed by atoms with Gasteiger partial charge < -0.3 is 20.4 Å². The summed E-state index contributed by atoms with van der Waals surface area (Å²) in [6.07, 6.45) is -4.53. The molecule has 0 bridgehead atoms. The first kappa shape index (κ1) is 29.9. The molecule has 4 rings (SSSR count). The smallest absolute Gasteiger partial charge is 0.369 e. The van der Waals surface area contributed by atoms with Crippen molar-refractivity contribution >= 4 is 11.7 Å². The van der Waals surface area contributed by atoms with E-state index in [0.29, 0.717) is 0 Å². The number of anilines is 1. The molecular weight excluding hydrogens is 527 g/mol. The van der Waals surface area contributed by atoms with Crippen molar-refractivity contribution in [3.05, 3.63) is 90.0 Å². The minimum absolute atomic E-state index is 0.0361. The van der Waals surface area contributed by atoms with Crippen LogP contribution in [0.5, 0.6) is 0 Å². The number of rotatable bonds is 9. The van der Waals surface area contributed by atoms with E-state index in [2.05, 4.69) is 15.5 Å². The summed E-state index contributed by atoms with van der Waals surface area (Å²) in [5.41, 5.74) is 3.56. The van der Waals surface area contributed by atoms with Gasteiger partial charge in [-0.3, -0.25) is 0 Å². The highest BCUT2D eigenvalue weighted by molar-refractivity contribution is 5.76. The van der Waals surface area contributed by atoms with Crippen LogP contribution in [0.25, 0.3) is 11.1 Å². The molecule has 2 N–H and O–H groups in total. The van der Waals surface area contributed by atoms with Crippen molar-refractivity contribution in [1.29, 1.82) is 5.26 Å². The van der Waals surface area contributed by atoms with E-state index in [9.17, 15) is 23.2 Å². The zero-order valence-electron chi connectivity index (χ0n) is 23.4. The lowest BCUT2D eigenvalue weighted by Crippen LogP contribution is -2.51. The Labute approximate surface area is 239 Å². The van der Waals surface area contributed by atoms with Gasteiger partial charge in [0.2, 0.25) is 0 Å². The zero-order valence-corrected chi connectivity index (χ0v) is 23.4. The monoisotopic (exact) mass is 563 g/mol. The lowest BCUT2D eigenvalue weighted by Gasteiger charge is -2.35. The summed E-state index contributed by atoms with van der Waals surface area (Å²) in [6, 6.07) is 21.2. The first-order chi connectivity index (χ1) is 19.7. The number of carbonyl (C=O) groups is 1. The molecule has 3 aromatic carbocycles. The minimum Gasteiger partial charge on any atom is -0.369 e. The lowest BCUT2D eigenvalue weighted by atomic mass is 9.98. The highest BCUT2D eigenvalue weighted by Crippen LogP contribution is 2.39. The molecule has 1 saturated heterocycles. The van der Waals surface area contributed by atoms with Gasteiger partial charge in [-0.25, -0.2) is 4.79 Å². The number of hydrogen-bond acceptors (Lipinski definition) is 4. The molecule has 0 saturated carbocycles. The third-order valence-corrected chi connectivity index (χ3v) is 7.09. The van der Waals surface area contributed by atoms with Crippen molar-refractivity contribution in [2.75, 3.05) is 37.6 Å². The van der Waals surface area contributed by atoms with Crippen LogP contribution in [0.15, 0.2) is 78.9 Å². The largest absolute Gasteiger partial charge is 0.413 e.